The summed E-state index contributed by atoms with van der Waals surface area (Å²) in [7, 11) is 1.82. The lowest BCUT2D eigenvalue weighted by Gasteiger charge is -2.26. The topological polar surface area (TPSA) is 66.7 Å². The Kier molecular flexibility index (Phi) is 7.52. The van der Waals surface area contributed by atoms with E-state index in [1.54, 1.807) is 0 Å². The van der Waals surface area contributed by atoms with Crippen molar-refractivity contribution in [3.63, 3.8) is 0 Å². The third-order valence-corrected chi connectivity index (χ3v) is 4.25. The van der Waals surface area contributed by atoms with Crippen LogP contribution in [0.5, 0.6) is 0 Å². The highest BCUT2D eigenvalue weighted by atomic mass is 16.5. The number of rotatable bonds is 7. The summed E-state index contributed by atoms with van der Waals surface area (Å²) in [6.07, 6.45) is 0. The van der Waals surface area contributed by atoms with Gasteiger partial charge in [0.25, 0.3) is 0 Å². The molecule has 136 valence electrons. The average Bonchev–Trinajstić information content (AvgIpc) is 2.89. The molecule has 1 saturated heterocycles. The van der Waals surface area contributed by atoms with Crippen LogP contribution >= 0.6 is 0 Å². The lowest BCUT2D eigenvalue weighted by Crippen LogP contribution is -2.45. The van der Waals surface area contributed by atoms with Gasteiger partial charge in [0.2, 0.25) is 0 Å². The lowest BCUT2D eigenvalue weighted by molar-refractivity contribution is 0.0389. The van der Waals surface area contributed by atoms with Gasteiger partial charge in [-0.3, -0.25) is 14.6 Å². The highest BCUT2D eigenvalue weighted by Crippen LogP contribution is 2.05. The average molecular weight is 336 g/mol. The number of aryl methyl sites for hydroxylation is 2. The number of hydrogen-bond donors (Lipinski definition) is 2. The summed E-state index contributed by atoms with van der Waals surface area (Å²) in [5.74, 6) is 1.34. The molecule has 1 fully saturated rings. The Morgan fingerprint density at radius 1 is 1.33 bits per heavy atom. The first-order chi connectivity index (χ1) is 11.6. The second kappa shape index (κ2) is 9.64. The van der Waals surface area contributed by atoms with Crippen LogP contribution in [0, 0.1) is 19.8 Å². The fourth-order valence-corrected chi connectivity index (χ4v) is 2.87. The van der Waals surface area contributed by atoms with Crippen molar-refractivity contribution in [1.29, 1.82) is 0 Å². The molecule has 1 aromatic heterocycles. The molecule has 2 heterocycles. The first-order valence-electron chi connectivity index (χ1n) is 8.84. The summed E-state index contributed by atoms with van der Waals surface area (Å²) in [6.45, 7) is 13.8. The molecular weight excluding hydrogens is 304 g/mol. The molecule has 24 heavy (non-hydrogen) atoms. The molecule has 0 saturated carbocycles. The minimum Gasteiger partial charge on any atom is -0.379 e. The Labute approximate surface area is 145 Å². The zero-order valence-corrected chi connectivity index (χ0v) is 15.5. The highest BCUT2D eigenvalue weighted by Gasteiger charge is 2.11. The van der Waals surface area contributed by atoms with E-state index < -0.39 is 0 Å². The summed E-state index contributed by atoms with van der Waals surface area (Å²) in [4.78, 5) is 6.71. The molecule has 0 bridgehead atoms. The van der Waals surface area contributed by atoms with Gasteiger partial charge in [-0.05, 0) is 25.8 Å². The Balaban J connectivity index is 1.65. The fourth-order valence-electron chi connectivity index (χ4n) is 2.87. The van der Waals surface area contributed by atoms with Crippen LogP contribution in [0.25, 0.3) is 0 Å². The first-order valence-corrected chi connectivity index (χ1v) is 8.84. The van der Waals surface area contributed by atoms with Crippen molar-refractivity contribution < 1.29 is 4.74 Å². The standard InChI is InChI=1S/C17H32N6O/c1-14(13-23-16(3)11-15(2)21-23)12-20-17(18-4)19-5-6-22-7-9-24-10-8-22/h11,14H,5-10,12-13H2,1-4H3,(H2,18,19,20). The summed E-state index contributed by atoms with van der Waals surface area (Å²) >= 11 is 0. The smallest absolute Gasteiger partial charge is 0.191 e. The van der Waals surface area contributed by atoms with Crippen LogP contribution < -0.4 is 10.6 Å². The Hall–Kier alpha value is -1.60. The second-order valence-corrected chi connectivity index (χ2v) is 6.55. The van der Waals surface area contributed by atoms with Crippen LogP contribution in [0.2, 0.25) is 0 Å². The van der Waals surface area contributed by atoms with Crippen molar-refractivity contribution in [3.8, 4) is 0 Å². The fraction of sp³-hybridized carbons (Fsp3) is 0.765. The minimum atomic E-state index is 0.473. The van der Waals surface area contributed by atoms with Gasteiger partial charge in [0.05, 0.1) is 18.9 Å². The maximum Gasteiger partial charge on any atom is 0.191 e. The number of nitrogens with one attached hydrogen (secondary N) is 2. The van der Waals surface area contributed by atoms with E-state index in [1.165, 1.54) is 5.69 Å². The van der Waals surface area contributed by atoms with Crippen molar-refractivity contribution >= 4 is 5.96 Å². The zero-order valence-electron chi connectivity index (χ0n) is 15.5. The second-order valence-electron chi connectivity index (χ2n) is 6.55. The van der Waals surface area contributed by atoms with E-state index in [4.69, 9.17) is 4.74 Å². The largest absolute Gasteiger partial charge is 0.379 e. The van der Waals surface area contributed by atoms with Gasteiger partial charge >= 0.3 is 0 Å². The Morgan fingerprint density at radius 3 is 2.71 bits per heavy atom. The lowest BCUT2D eigenvalue weighted by atomic mass is 10.2. The third-order valence-electron chi connectivity index (χ3n) is 4.25. The molecular formula is C17H32N6O. The molecule has 7 heteroatoms. The number of aromatic nitrogens is 2. The molecule has 0 aromatic carbocycles. The molecule has 0 amide bonds. The maximum absolute atomic E-state index is 5.37. The van der Waals surface area contributed by atoms with Crippen LogP contribution in [0.4, 0.5) is 0 Å². The van der Waals surface area contributed by atoms with Crippen LogP contribution in [0.3, 0.4) is 0 Å². The number of aliphatic imine (C=N–C) groups is 1. The zero-order chi connectivity index (χ0) is 17.4. The molecule has 0 radical (unpaired) electrons. The maximum atomic E-state index is 5.37. The van der Waals surface area contributed by atoms with Gasteiger partial charge in [0.1, 0.15) is 0 Å². The molecule has 1 atom stereocenters. The molecule has 2 rings (SSSR count). The number of hydrogen-bond acceptors (Lipinski definition) is 4. The van der Waals surface area contributed by atoms with Gasteiger partial charge < -0.3 is 15.4 Å². The van der Waals surface area contributed by atoms with E-state index in [-0.39, 0.29) is 0 Å². The van der Waals surface area contributed by atoms with E-state index >= 15 is 0 Å². The van der Waals surface area contributed by atoms with Gasteiger partial charge in [-0.15, -0.1) is 0 Å². The van der Waals surface area contributed by atoms with E-state index in [0.29, 0.717) is 5.92 Å². The van der Waals surface area contributed by atoms with Crippen molar-refractivity contribution in [3.05, 3.63) is 17.5 Å². The van der Waals surface area contributed by atoms with Gasteiger partial charge in [-0.2, -0.15) is 5.10 Å². The molecule has 0 aliphatic carbocycles. The number of morpholine rings is 1. The van der Waals surface area contributed by atoms with E-state index in [9.17, 15) is 0 Å². The Bertz CT molecular complexity index is 521. The molecule has 1 aromatic rings. The van der Waals surface area contributed by atoms with Gasteiger partial charge in [0.15, 0.2) is 5.96 Å². The summed E-state index contributed by atoms with van der Waals surface area (Å²) in [5.41, 5.74) is 2.29. The van der Waals surface area contributed by atoms with E-state index in [1.807, 2.05) is 14.0 Å². The van der Waals surface area contributed by atoms with Crippen molar-refractivity contribution in [2.45, 2.75) is 27.3 Å². The number of guanidine groups is 1. The summed E-state index contributed by atoms with van der Waals surface area (Å²) < 4.78 is 7.45. The SMILES string of the molecule is CN=C(NCCN1CCOCC1)NCC(C)Cn1nc(C)cc1C. The highest BCUT2D eigenvalue weighted by molar-refractivity contribution is 5.79. The molecule has 1 unspecified atom stereocenters. The monoisotopic (exact) mass is 336 g/mol. The predicted molar refractivity (Wildman–Crippen MR) is 97.5 cm³/mol. The third kappa shape index (κ3) is 6.13. The van der Waals surface area contributed by atoms with Crippen LogP contribution in [0.15, 0.2) is 11.1 Å². The van der Waals surface area contributed by atoms with Crippen molar-refractivity contribution in [2.75, 3.05) is 53.0 Å². The molecule has 1 aliphatic heterocycles. The van der Waals surface area contributed by atoms with E-state index in [2.05, 4.69) is 50.2 Å². The van der Waals surface area contributed by atoms with Crippen LogP contribution in [-0.4, -0.2) is 73.6 Å². The quantitative estimate of drug-likeness (QED) is 0.565. The van der Waals surface area contributed by atoms with Crippen molar-refractivity contribution in [2.24, 2.45) is 10.9 Å². The van der Waals surface area contributed by atoms with Gasteiger partial charge in [0, 0.05) is 52.0 Å². The summed E-state index contributed by atoms with van der Waals surface area (Å²) in [6, 6.07) is 2.12. The van der Waals surface area contributed by atoms with Gasteiger partial charge in [-0.1, -0.05) is 6.92 Å². The van der Waals surface area contributed by atoms with E-state index in [0.717, 1.165) is 64.1 Å². The molecule has 1 aliphatic rings. The van der Waals surface area contributed by atoms with Crippen molar-refractivity contribution in [1.82, 2.24) is 25.3 Å². The van der Waals surface area contributed by atoms with Gasteiger partial charge in [-0.25, -0.2) is 0 Å². The number of nitrogens with zero attached hydrogens (tertiary/aromatic N) is 4. The molecule has 2 N–H and O–H groups in total. The van der Waals surface area contributed by atoms with Crippen LogP contribution in [-0.2, 0) is 11.3 Å². The van der Waals surface area contributed by atoms with Crippen LogP contribution in [0.1, 0.15) is 18.3 Å². The summed E-state index contributed by atoms with van der Waals surface area (Å²) in [5, 5.41) is 11.3. The Morgan fingerprint density at radius 2 is 2.08 bits per heavy atom. The number of ether oxygens (including phenoxy) is 1. The normalized spacial score (nSPS) is 17.8. The molecule has 7 nitrogen and oxygen atoms in total. The predicted octanol–water partition coefficient (Wildman–Crippen LogP) is 0.633. The first kappa shape index (κ1) is 18.7. The minimum absolute atomic E-state index is 0.473. The molecule has 0 spiro atoms.